The second kappa shape index (κ2) is 8.58. The highest BCUT2D eigenvalue weighted by Gasteiger charge is 2.38. The van der Waals surface area contributed by atoms with Crippen molar-refractivity contribution >= 4 is 46.7 Å². The van der Waals surface area contributed by atoms with Gasteiger partial charge in [-0.05, 0) is 24.0 Å². The first-order valence-corrected chi connectivity index (χ1v) is 9.02. The second-order valence-electron chi connectivity index (χ2n) is 6.09. The van der Waals surface area contributed by atoms with Crippen LogP contribution in [0.25, 0.3) is 0 Å². The molecular formula is C17H20Cl3NO4. The third kappa shape index (κ3) is 5.74. The Labute approximate surface area is 162 Å². The fourth-order valence-electron chi connectivity index (χ4n) is 2.54. The van der Waals surface area contributed by atoms with E-state index >= 15 is 0 Å². The van der Waals surface area contributed by atoms with Gasteiger partial charge in [0.15, 0.2) is 0 Å². The van der Waals surface area contributed by atoms with Gasteiger partial charge in [-0.15, -0.1) is 0 Å². The van der Waals surface area contributed by atoms with Crippen LogP contribution in [0.15, 0.2) is 30.3 Å². The van der Waals surface area contributed by atoms with E-state index in [4.69, 9.17) is 54.4 Å². The highest BCUT2D eigenvalue weighted by atomic mass is 35.6. The van der Waals surface area contributed by atoms with Crippen LogP contribution >= 0.6 is 34.8 Å². The first-order chi connectivity index (χ1) is 11.7. The molecule has 25 heavy (non-hydrogen) atoms. The lowest BCUT2D eigenvalue weighted by atomic mass is 9.86. The van der Waals surface area contributed by atoms with Gasteiger partial charge in [-0.2, -0.15) is 0 Å². The van der Waals surface area contributed by atoms with Crippen LogP contribution in [-0.4, -0.2) is 34.7 Å². The third-order valence-corrected chi connectivity index (χ3v) is 4.78. The number of halogens is 3. The average molecular weight is 409 g/mol. The van der Waals surface area contributed by atoms with Gasteiger partial charge in [0.05, 0.1) is 11.7 Å². The molecule has 0 amide bonds. The summed E-state index contributed by atoms with van der Waals surface area (Å²) >= 11 is 16.9. The summed E-state index contributed by atoms with van der Waals surface area (Å²) in [7, 11) is 0. The second-order valence-corrected chi connectivity index (χ2v) is 8.37. The number of alkyl halides is 3. The third-order valence-electron chi connectivity index (χ3n) is 4.27. The summed E-state index contributed by atoms with van der Waals surface area (Å²) in [5.74, 6) is -0.543. The number of benzene rings is 1. The molecule has 5 nitrogen and oxygen atoms in total. The van der Waals surface area contributed by atoms with Gasteiger partial charge in [-0.1, -0.05) is 66.8 Å². The Morgan fingerprint density at radius 1 is 1.28 bits per heavy atom. The summed E-state index contributed by atoms with van der Waals surface area (Å²) < 4.78 is 14.5. The van der Waals surface area contributed by atoms with Crippen molar-refractivity contribution in [1.82, 2.24) is 0 Å². The molecule has 1 saturated heterocycles. The number of carbonyl (C=O) groups is 1. The van der Waals surface area contributed by atoms with E-state index in [1.807, 2.05) is 19.9 Å². The molecule has 1 heterocycles. The largest absolute Gasteiger partial charge is 0.459 e. The number of carbonyl (C=O) groups excluding carboxylic acids is 1. The van der Waals surface area contributed by atoms with Crippen LogP contribution in [0.5, 0.6) is 0 Å². The first-order valence-electron chi connectivity index (χ1n) is 7.88. The summed E-state index contributed by atoms with van der Waals surface area (Å²) in [4.78, 5) is 12.1. The molecule has 4 unspecified atom stereocenters. The molecule has 0 aliphatic carbocycles. The minimum Gasteiger partial charge on any atom is -0.459 e. The maximum atomic E-state index is 12.1. The van der Waals surface area contributed by atoms with Gasteiger partial charge in [-0.25, -0.2) is 4.79 Å². The van der Waals surface area contributed by atoms with Crippen molar-refractivity contribution in [2.45, 2.75) is 36.5 Å². The normalized spacial score (nSPS) is 26.8. The van der Waals surface area contributed by atoms with Crippen LogP contribution in [0.3, 0.4) is 0 Å². The molecule has 1 aliphatic heterocycles. The zero-order valence-corrected chi connectivity index (χ0v) is 16.1. The highest BCUT2D eigenvalue weighted by Crippen LogP contribution is 2.34. The number of esters is 1. The van der Waals surface area contributed by atoms with Crippen molar-refractivity contribution < 1.29 is 19.0 Å². The summed E-state index contributed by atoms with van der Waals surface area (Å²) in [6.07, 6.45) is -0.549. The van der Waals surface area contributed by atoms with Crippen molar-refractivity contribution in [2.75, 3.05) is 6.61 Å². The van der Waals surface area contributed by atoms with Gasteiger partial charge >= 0.3 is 5.97 Å². The number of ether oxygens (including phenoxy) is 3. The zero-order valence-electron chi connectivity index (χ0n) is 13.9. The number of nitrogens with one attached hydrogen (secondary N) is 1. The van der Waals surface area contributed by atoms with Gasteiger partial charge in [0.1, 0.15) is 6.61 Å². The molecule has 4 atom stereocenters. The van der Waals surface area contributed by atoms with Gasteiger partial charge < -0.3 is 14.2 Å². The smallest absolute Gasteiger partial charge is 0.338 e. The lowest BCUT2D eigenvalue weighted by Gasteiger charge is -2.38. The summed E-state index contributed by atoms with van der Waals surface area (Å²) in [6, 6.07) is 8.73. The van der Waals surface area contributed by atoms with Gasteiger partial charge in [0, 0.05) is 6.42 Å². The molecule has 0 aromatic heterocycles. The predicted molar refractivity (Wildman–Crippen MR) is 97.4 cm³/mol. The van der Waals surface area contributed by atoms with Crippen molar-refractivity contribution in [3.05, 3.63) is 35.9 Å². The van der Waals surface area contributed by atoms with Gasteiger partial charge in [0.2, 0.25) is 12.2 Å². The van der Waals surface area contributed by atoms with E-state index < -0.39 is 21.9 Å². The Hall–Kier alpha value is -1.01. The summed E-state index contributed by atoms with van der Waals surface area (Å²) in [6.45, 7) is 4.14. The molecular weight excluding hydrogens is 389 g/mol. The Balaban J connectivity index is 1.94. The van der Waals surface area contributed by atoms with E-state index in [0.29, 0.717) is 12.0 Å². The maximum absolute atomic E-state index is 12.1. The highest BCUT2D eigenvalue weighted by molar-refractivity contribution is 6.76. The van der Waals surface area contributed by atoms with E-state index in [1.54, 1.807) is 24.3 Å². The SMILES string of the molecule is CC1CC(OC(=N)C(Cl)(Cl)Cl)OC(COC(=O)c2ccccc2)C1C. The minimum atomic E-state index is -1.94. The molecule has 0 bridgehead atoms. The van der Waals surface area contributed by atoms with Crippen LogP contribution in [0.4, 0.5) is 0 Å². The molecule has 1 fully saturated rings. The molecule has 0 spiro atoms. The van der Waals surface area contributed by atoms with Crippen LogP contribution in [0.1, 0.15) is 30.6 Å². The molecule has 138 valence electrons. The van der Waals surface area contributed by atoms with Crippen LogP contribution in [0, 0.1) is 17.2 Å². The lowest BCUT2D eigenvalue weighted by molar-refractivity contribution is -0.198. The molecule has 0 saturated carbocycles. The van der Waals surface area contributed by atoms with Crippen molar-refractivity contribution in [3.8, 4) is 0 Å². The van der Waals surface area contributed by atoms with E-state index in [-0.39, 0.29) is 24.5 Å². The van der Waals surface area contributed by atoms with Crippen LogP contribution < -0.4 is 0 Å². The van der Waals surface area contributed by atoms with E-state index in [0.717, 1.165) is 0 Å². The maximum Gasteiger partial charge on any atom is 0.338 e. The summed E-state index contributed by atoms with van der Waals surface area (Å²) in [5.41, 5.74) is 0.477. The van der Waals surface area contributed by atoms with E-state index in [9.17, 15) is 4.79 Å². The van der Waals surface area contributed by atoms with Crippen molar-refractivity contribution in [1.29, 1.82) is 5.41 Å². The monoisotopic (exact) mass is 407 g/mol. The Bertz CT molecular complexity index is 606. The van der Waals surface area contributed by atoms with Gasteiger partial charge in [-0.3, -0.25) is 5.41 Å². The van der Waals surface area contributed by atoms with Crippen LogP contribution in [0.2, 0.25) is 0 Å². The van der Waals surface area contributed by atoms with Crippen molar-refractivity contribution in [3.63, 3.8) is 0 Å². The van der Waals surface area contributed by atoms with Crippen molar-refractivity contribution in [2.24, 2.45) is 11.8 Å². The fraction of sp³-hybridized carbons (Fsp3) is 0.529. The quantitative estimate of drug-likeness (QED) is 0.342. The predicted octanol–water partition coefficient (Wildman–Crippen LogP) is 4.59. The standard InChI is InChI=1S/C17H20Cl3NO4/c1-10-8-14(25-16(21)17(18,19)20)24-13(11(10)2)9-23-15(22)12-6-4-3-5-7-12/h3-7,10-11,13-14,21H,8-9H2,1-2H3. The Morgan fingerprint density at radius 3 is 2.52 bits per heavy atom. The molecule has 2 rings (SSSR count). The van der Waals surface area contributed by atoms with Crippen LogP contribution in [-0.2, 0) is 14.2 Å². The van der Waals surface area contributed by atoms with Gasteiger partial charge in [0.25, 0.3) is 3.79 Å². The topological polar surface area (TPSA) is 68.6 Å². The summed E-state index contributed by atoms with van der Waals surface area (Å²) in [5, 5.41) is 7.66. The Kier molecular flexibility index (Phi) is 6.97. The molecule has 1 N–H and O–H groups in total. The minimum absolute atomic E-state index is 0.0835. The Morgan fingerprint density at radius 2 is 1.92 bits per heavy atom. The van der Waals surface area contributed by atoms with E-state index in [2.05, 4.69) is 0 Å². The molecule has 1 aliphatic rings. The fourth-order valence-corrected chi connectivity index (χ4v) is 2.67. The zero-order chi connectivity index (χ0) is 18.6. The van der Waals surface area contributed by atoms with E-state index in [1.165, 1.54) is 0 Å². The number of hydrogen-bond donors (Lipinski definition) is 1. The molecule has 1 aromatic carbocycles. The molecule has 1 aromatic rings. The average Bonchev–Trinajstić information content (AvgIpc) is 2.56. The first kappa shape index (κ1) is 20.3. The molecule has 8 heteroatoms. The molecule has 0 radical (unpaired) electrons. The lowest BCUT2D eigenvalue weighted by Crippen LogP contribution is -2.44. The number of hydrogen-bond acceptors (Lipinski definition) is 5. The number of rotatable bonds is 4.